The van der Waals surface area contributed by atoms with Gasteiger partial charge in [-0.2, -0.15) is 0 Å². The van der Waals surface area contributed by atoms with E-state index in [2.05, 4.69) is 28.0 Å². The van der Waals surface area contributed by atoms with Gasteiger partial charge < -0.3 is 25.0 Å². The van der Waals surface area contributed by atoms with Crippen LogP contribution < -0.4 is 15.4 Å². The molecule has 0 bridgehead atoms. The van der Waals surface area contributed by atoms with E-state index >= 15 is 0 Å². The van der Waals surface area contributed by atoms with Crippen molar-refractivity contribution in [1.82, 2.24) is 20.3 Å². The number of hydrogen-bond acceptors (Lipinski definition) is 8. The Morgan fingerprint density at radius 2 is 1.50 bits per heavy atom. The summed E-state index contributed by atoms with van der Waals surface area (Å²) in [6, 6.07) is 23.4. The SMILES string of the molecule is C=C[C@@H]1C[C@@]1(NC(=O)[C@@H]1C[C@@H](OCc2c3ccccc3cc3ccccc23)CN1C(=O)[C@@H](NC(=O)OC(C)(C)C)C(C)(C)C)C(=O)NS(=O)(=O)c1ccccc1. The first kappa shape index (κ1) is 40.4. The molecule has 56 heavy (non-hydrogen) atoms. The number of amides is 4. The molecule has 0 unspecified atom stereocenters. The number of likely N-dealkylation sites (tertiary alicyclic amines) is 1. The van der Waals surface area contributed by atoms with Gasteiger partial charge in [-0.1, -0.05) is 93.6 Å². The topological polar surface area (TPSA) is 160 Å². The highest BCUT2D eigenvalue weighted by Crippen LogP contribution is 2.45. The van der Waals surface area contributed by atoms with Gasteiger partial charge >= 0.3 is 6.09 Å². The lowest BCUT2D eigenvalue weighted by Gasteiger charge is -2.36. The molecule has 1 saturated carbocycles. The fourth-order valence-electron chi connectivity index (χ4n) is 7.32. The van der Waals surface area contributed by atoms with Crippen LogP contribution in [0.5, 0.6) is 0 Å². The van der Waals surface area contributed by atoms with E-state index in [4.69, 9.17) is 9.47 Å². The number of sulfonamides is 1. The van der Waals surface area contributed by atoms with Gasteiger partial charge in [-0.15, -0.1) is 6.58 Å². The monoisotopic (exact) mass is 782 g/mol. The van der Waals surface area contributed by atoms with Crippen LogP contribution in [0.25, 0.3) is 21.5 Å². The van der Waals surface area contributed by atoms with E-state index in [1.165, 1.54) is 35.2 Å². The average Bonchev–Trinajstić information content (AvgIpc) is 3.69. The zero-order chi connectivity index (χ0) is 40.6. The van der Waals surface area contributed by atoms with Crippen LogP contribution in [-0.4, -0.2) is 73.0 Å². The number of nitrogens with one attached hydrogen (secondary N) is 3. The lowest BCUT2D eigenvalue weighted by molar-refractivity contribution is -0.143. The maximum Gasteiger partial charge on any atom is 0.408 e. The molecule has 1 aliphatic heterocycles. The predicted octanol–water partition coefficient (Wildman–Crippen LogP) is 5.98. The zero-order valence-electron chi connectivity index (χ0n) is 32.6. The molecule has 1 aliphatic carbocycles. The van der Waals surface area contributed by atoms with E-state index in [0.717, 1.165) is 27.1 Å². The Bertz CT molecular complexity index is 2230. The quantitative estimate of drug-likeness (QED) is 0.124. The van der Waals surface area contributed by atoms with Gasteiger partial charge in [-0.3, -0.25) is 14.4 Å². The van der Waals surface area contributed by atoms with E-state index < -0.39 is 74.5 Å². The summed E-state index contributed by atoms with van der Waals surface area (Å²) in [6.45, 7) is 14.5. The standard InChI is InChI=1S/C43H50N4O8S/c1-8-29-24-43(29,39(50)46-56(52,53)31-18-10-9-11-19-31)45-37(48)35-23-30(25-47(35)38(49)36(41(2,3)4)44-40(51)55-42(5,6)7)54-26-34-32-20-14-12-16-27(32)22-28-17-13-15-21-33(28)34/h8-22,29-30,35-36H,1,23-26H2,2-7H3,(H,44,51)(H,45,48)(H,46,50)/t29-,30-,35+,36-,43+/m1/s1. The Kier molecular flexibility index (Phi) is 11.1. The van der Waals surface area contributed by atoms with Gasteiger partial charge in [0.25, 0.3) is 15.9 Å². The Morgan fingerprint density at radius 3 is 2.05 bits per heavy atom. The van der Waals surface area contributed by atoms with Crippen molar-refractivity contribution in [1.29, 1.82) is 0 Å². The smallest absolute Gasteiger partial charge is 0.408 e. The summed E-state index contributed by atoms with van der Waals surface area (Å²) in [6.07, 6.45) is 0.268. The van der Waals surface area contributed by atoms with E-state index in [9.17, 15) is 27.6 Å². The van der Waals surface area contributed by atoms with E-state index in [-0.39, 0.29) is 30.9 Å². The third-order valence-electron chi connectivity index (χ3n) is 10.3. The Hall–Kier alpha value is -5.27. The summed E-state index contributed by atoms with van der Waals surface area (Å²) in [7, 11) is -4.26. The van der Waals surface area contributed by atoms with Crippen LogP contribution in [0.2, 0.25) is 0 Å². The van der Waals surface area contributed by atoms with Crippen molar-refractivity contribution >= 4 is 55.4 Å². The van der Waals surface area contributed by atoms with E-state index in [1.807, 2.05) is 48.5 Å². The molecular weight excluding hydrogens is 733 g/mol. The molecule has 296 valence electrons. The molecule has 4 aromatic rings. The fourth-order valence-corrected chi connectivity index (χ4v) is 8.38. The van der Waals surface area contributed by atoms with Gasteiger partial charge in [0.05, 0.1) is 17.6 Å². The van der Waals surface area contributed by atoms with Gasteiger partial charge in [0, 0.05) is 18.9 Å². The maximum absolute atomic E-state index is 14.6. The fraction of sp³-hybridized carbons (Fsp3) is 0.395. The van der Waals surface area contributed by atoms with Gasteiger partial charge in [-0.05, 0) is 77.9 Å². The summed E-state index contributed by atoms with van der Waals surface area (Å²) >= 11 is 0. The number of fused-ring (bicyclic) bond motifs is 2. The van der Waals surface area contributed by atoms with Gasteiger partial charge in [0.2, 0.25) is 11.8 Å². The molecule has 13 heteroatoms. The van der Waals surface area contributed by atoms with Gasteiger partial charge in [-0.25, -0.2) is 17.9 Å². The van der Waals surface area contributed by atoms with Crippen molar-refractivity contribution in [2.45, 2.75) is 95.2 Å². The van der Waals surface area contributed by atoms with Crippen LogP contribution in [-0.2, 0) is 40.5 Å². The third-order valence-corrected chi connectivity index (χ3v) is 11.6. The molecule has 6 rings (SSSR count). The molecule has 0 radical (unpaired) electrons. The van der Waals surface area contributed by atoms with Gasteiger partial charge in [0.15, 0.2) is 0 Å². The summed E-state index contributed by atoms with van der Waals surface area (Å²) in [5.41, 5.74) is -2.29. The average molecular weight is 783 g/mol. The molecule has 1 saturated heterocycles. The van der Waals surface area contributed by atoms with Crippen LogP contribution in [0.3, 0.4) is 0 Å². The minimum Gasteiger partial charge on any atom is -0.444 e. The van der Waals surface area contributed by atoms with E-state index in [1.54, 1.807) is 47.6 Å². The predicted molar refractivity (Wildman–Crippen MR) is 214 cm³/mol. The first-order valence-corrected chi connectivity index (χ1v) is 20.2. The van der Waals surface area contributed by atoms with Crippen molar-refractivity contribution < 1.29 is 37.1 Å². The van der Waals surface area contributed by atoms with Crippen LogP contribution in [0.4, 0.5) is 4.79 Å². The normalized spacial score (nSPS) is 21.6. The van der Waals surface area contributed by atoms with Crippen molar-refractivity contribution in [3.63, 3.8) is 0 Å². The largest absolute Gasteiger partial charge is 0.444 e. The van der Waals surface area contributed by atoms with Crippen LogP contribution in [0, 0.1) is 11.3 Å². The molecule has 0 aromatic heterocycles. The highest BCUT2D eigenvalue weighted by atomic mass is 32.2. The van der Waals surface area contributed by atoms with Crippen LogP contribution in [0.15, 0.2) is 102 Å². The first-order valence-electron chi connectivity index (χ1n) is 18.7. The number of carbonyl (C=O) groups is 4. The Balaban J connectivity index is 1.30. The molecule has 1 heterocycles. The highest BCUT2D eigenvalue weighted by molar-refractivity contribution is 7.90. The zero-order valence-corrected chi connectivity index (χ0v) is 33.4. The maximum atomic E-state index is 14.6. The second-order valence-electron chi connectivity index (χ2n) is 16.7. The molecule has 4 amide bonds. The Labute approximate surface area is 328 Å². The summed E-state index contributed by atoms with van der Waals surface area (Å²) in [4.78, 5) is 57.1. The minimum absolute atomic E-state index is 0.00860. The summed E-state index contributed by atoms with van der Waals surface area (Å²) in [5.74, 6) is -2.68. The van der Waals surface area contributed by atoms with Crippen LogP contribution in [0.1, 0.15) is 59.9 Å². The number of alkyl carbamates (subject to hydrolysis) is 1. The van der Waals surface area contributed by atoms with Crippen LogP contribution >= 0.6 is 0 Å². The molecule has 5 atom stereocenters. The molecule has 2 aliphatic rings. The summed E-state index contributed by atoms with van der Waals surface area (Å²) in [5, 5.41) is 9.67. The number of hydrogen-bond donors (Lipinski definition) is 3. The van der Waals surface area contributed by atoms with Crippen molar-refractivity contribution in [2.75, 3.05) is 6.54 Å². The summed E-state index contributed by atoms with van der Waals surface area (Å²) < 4.78 is 40.5. The van der Waals surface area contributed by atoms with Crippen molar-refractivity contribution in [3.05, 3.63) is 103 Å². The van der Waals surface area contributed by atoms with Crippen molar-refractivity contribution in [2.24, 2.45) is 11.3 Å². The lowest BCUT2D eigenvalue weighted by Crippen LogP contribution is -2.60. The third kappa shape index (κ3) is 8.58. The minimum atomic E-state index is -4.26. The second-order valence-corrected chi connectivity index (χ2v) is 18.4. The van der Waals surface area contributed by atoms with Crippen molar-refractivity contribution in [3.8, 4) is 0 Å². The molecule has 2 fully saturated rings. The number of rotatable bonds is 11. The number of nitrogens with zero attached hydrogens (tertiary/aromatic N) is 1. The highest BCUT2D eigenvalue weighted by Gasteiger charge is 2.61. The second kappa shape index (κ2) is 15.3. The number of carbonyl (C=O) groups excluding carboxylic acids is 4. The van der Waals surface area contributed by atoms with Gasteiger partial charge in [0.1, 0.15) is 23.2 Å². The first-order chi connectivity index (χ1) is 26.3. The molecule has 4 aromatic carbocycles. The lowest BCUT2D eigenvalue weighted by atomic mass is 9.85. The number of ether oxygens (including phenoxy) is 2. The van der Waals surface area contributed by atoms with E-state index in [0.29, 0.717) is 0 Å². The molecule has 12 nitrogen and oxygen atoms in total. The molecular formula is C43H50N4O8S. The molecule has 0 spiro atoms. The number of benzene rings is 4. The molecule has 3 N–H and O–H groups in total. The Morgan fingerprint density at radius 1 is 0.911 bits per heavy atom.